The average Bonchev–Trinajstić information content (AvgIpc) is 3.49. The van der Waals surface area contributed by atoms with Crippen molar-refractivity contribution in [3.05, 3.63) is 95.5 Å². The molecule has 0 bridgehead atoms. The lowest BCUT2D eigenvalue weighted by Crippen LogP contribution is -2.11. The SMILES string of the molecule is NC(=O)c1cnc(N)c2sc(-c3ccccc3)cc12.O=Cc1csc(-c2ccccc2)c1. The van der Waals surface area contributed by atoms with Gasteiger partial charge in [0.25, 0.3) is 5.91 Å². The predicted octanol–water partition coefficient (Wildman–Crippen LogP) is 5.87. The molecule has 3 aromatic heterocycles. The Morgan fingerprint density at radius 3 is 2.09 bits per heavy atom. The molecule has 2 aromatic carbocycles. The maximum absolute atomic E-state index is 11.4. The lowest BCUT2D eigenvalue weighted by atomic mass is 10.1. The average molecular weight is 458 g/mol. The van der Waals surface area contributed by atoms with E-state index in [9.17, 15) is 9.59 Å². The third-order valence-corrected chi connectivity index (χ3v) is 6.93. The van der Waals surface area contributed by atoms with Crippen molar-refractivity contribution in [2.24, 2.45) is 5.73 Å². The summed E-state index contributed by atoms with van der Waals surface area (Å²) in [5.41, 5.74) is 14.6. The Bertz CT molecular complexity index is 1380. The fourth-order valence-electron chi connectivity index (χ4n) is 3.15. The van der Waals surface area contributed by atoms with Gasteiger partial charge in [-0.25, -0.2) is 4.98 Å². The Labute approximate surface area is 193 Å². The highest BCUT2D eigenvalue weighted by Crippen LogP contribution is 2.37. The number of amides is 1. The number of carbonyl (C=O) groups is 2. The summed E-state index contributed by atoms with van der Waals surface area (Å²) < 4.78 is 0.801. The Morgan fingerprint density at radius 2 is 1.53 bits per heavy atom. The highest BCUT2D eigenvalue weighted by molar-refractivity contribution is 7.22. The molecule has 5 rings (SSSR count). The van der Waals surface area contributed by atoms with E-state index < -0.39 is 5.91 Å². The number of primary amides is 1. The molecule has 0 radical (unpaired) electrons. The maximum atomic E-state index is 11.4. The first-order chi connectivity index (χ1) is 15.6. The number of nitrogen functional groups attached to an aromatic ring is 1. The maximum Gasteiger partial charge on any atom is 0.250 e. The summed E-state index contributed by atoms with van der Waals surface area (Å²) >= 11 is 3.11. The molecule has 0 aliphatic heterocycles. The monoisotopic (exact) mass is 457 g/mol. The summed E-state index contributed by atoms with van der Waals surface area (Å²) in [6.07, 6.45) is 2.31. The number of nitrogens with two attached hydrogens (primary N) is 2. The third kappa shape index (κ3) is 4.59. The van der Waals surface area contributed by atoms with Crippen LogP contribution in [0, 0.1) is 0 Å². The molecule has 4 N–H and O–H groups in total. The number of hydrogen-bond acceptors (Lipinski definition) is 6. The quantitative estimate of drug-likeness (QED) is 0.330. The fraction of sp³-hybridized carbons (Fsp3) is 0. The second kappa shape index (κ2) is 9.55. The van der Waals surface area contributed by atoms with Gasteiger partial charge in [-0.15, -0.1) is 22.7 Å². The number of fused-ring (bicyclic) bond motifs is 1. The predicted molar refractivity (Wildman–Crippen MR) is 133 cm³/mol. The molecule has 7 heteroatoms. The van der Waals surface area contributed by atoms with Gasteiger partial charge in [0.05, 0.1) is 10.3 Å². The van der Waals surface area contributed by atoms with Crippen LogP contribution in [0.1, 0.15) is 20.7 Å². The Hall–Kier alpha value is -3.81. The van der Waals surface area contributed by atoms with Crippen molar-refractivity contribution in [3.8, 4) is 20.9 Å². The molecule has 0 fully saturated rings. The van der Waals surface area contributed by atoms with Gasteiger partial charge in [0, 0.05) is 32.3 Å². The molecule has 32 heavy (non-hydrogen) atoms. The molecule has 0 atom stereocenters. The molecule has 0 saturated carbocycles. The summed E-state index contributed by atoms with van der Waals surface area (Å²) in [5.74, 6) is -0.0675. The number of aldehydes is 1. The lowest BCUT2D eigenvalue weighted by Gasteiger charge is -1.99. The summed E-state index contributed by atoms with van der Waals surface area (Å²) in [6, 6.07) is 23.8. The number of nitrogens with zero attached hydrogens (tertiary/aromatic N) is 1. The summed E-state index contributed by atoms with van der Waals surface area (Å²) in [6.45, 7) is 0. The van der Waals surface area contributed by atoms with Gasteiger partial charge in [-0.2, -0.15) is 0 Å². The smallest absolute Gasteiger partial charge is 0.250 e. The van der Waals surface area contributed by atoms with Crippen molar-refractivity contribution in [2.75, 3.05) is 5.73 Å². The van der Waals surface area contributed by atoms with E-state index in [2.05, 4.69) is 4.98 Å². The van der Waals surface area contributed by atoms with E-state index in [0.29, 0.717) is 11.4 Å². The van der Waals surface area contributed by atoms with Crippen molar-refractivity contribution in [1.29, 1.82) is 0 Å². The van der Waals surface area contributed by atoms with Gasteiger partial charge >= 0.3 is 0 Å². The molecule has 1 amide bonds. The minimum atomic E-state index is -0.491. The normalized spacial score (nSPS) is 10.4. The van der Waals surface area contributed by atoms with E-state index in [1.807, 2.05) is 78.2 Å². The van der Waals surface area contributed by atoms with Crippen LogP contribution in [0.15, 0.2) is 84.4 Å². The van der Waals surface area contributed by atoms with Crippen LogP contribution in [-0.2, 0) is 0 Å². The van der Waals surface area contributed by atoms with Crippen LogP contribution in [0.5, 0.6) is 0 Å². The molecule has 0 aliphatic rings. The van der Waals surface area contributed by atoms with E-state index in [1.165, 1.54) is 23.1 Å². The second-order valence-corrected chi connectivity index (χ2v) is 8.83. The van der Waals surface area contributed by atoms with Crippen molar-refractivity contribution in [3.63, 3.8) is 0 Å². The molecule has 0 aliphatic carbocycles. The van der Waals surface area contributed by atoms with E-state index in [0.717, 1.165) is 37.3 Å². The van der Waals surface area contributed by atoms with Crippen LogP contribution >= 0.6 is 22.7 Å². The molecule has 0 saturated heterocycles. The molecular weight excluding hydrogens is 438 g/mol. The van der Waals surface area contributed by atoms with Crippen LogP contribution < -0.4 is 11.5 Å². The topological polar surface area (TPSA) is 99.1 Å². The highest BCUT2D eigenvalue weighted by Gasteiger charge is 2.14. The van der Waals surface area contributed by atoms with Crippen molar-refractivity contribution in [1.82, 2.24) is 4.98 Å². The summed E-state index contributed by atoms with van der Waals surface area (Å²) in [5, 5.41) is 2.64. The standard InChI is InChI=1S/C14H11N3OS.C11H8OS/c15-13-12-9(10(7-17-13)14(16)18)6-11(19-12)8-4-2-1-3-5-8;12-7-9-6-11(13-8-9)10-4-2-1-3-5-10/h1-7H,(H2,15,17)(H2,16,18);1-8H. The van der Waals surface area contributed by atoms with Crippen LogP contribution in [-0.4, -0.2) is 17.2 Å². The first-order valence-corrected chi connectivity index (χ1v) is 11.4. The van der Waals surface area contributed by atoms with Crippen molar-refractivity contribution in [2.45, 2.75) is 0 Å². The number of hydrogen-bond donors (Lipinski definition) is 2. The van der Waals surface area contributed by atoms with Crippen molar-refractivity contribution >= 4 is 50.8 Å². The second-order valence-electron chi connectivity index (χ2n) is 6.87. The Kier molecular flexibility index (Phi) is 6.39. The molecule has 158 valence electrons. The number of aromatic nitrogens is 1. The summed E-state index contributed by atoms with van der Waals surface area (Å²) in [4.78, 5) is 28.1. The number of pyridine rings is 1. The molecule has 5 aromatic rings. The Balaban J connectivity index is 0.000000165. The number of rotatable bonds is 4. The number of carbonyl (C=O) groups excluding carboxylic acids is 2. The number of thiophene rings is 2. The zero-order valence-electron chi connectivity index (χ0n) is 16.9. The minimum Gasteiger partial charge on any atom is -0.383 e. The van der Waals surface area contributed by atoms with E-state index in [1.54, 1.807) is 11.3 Å². The van der Waals surface area contributed by atoms with Gasteiger partial charge in [0.15, 0.2) is 6.29 Å². The van der Waals surface area contributed by atoms with Gasteiger partial charge < -0.3 is 11.5 Å². The molecule has 0 unspecified atom stereocenters. The largest absolute Gasteiger partial charge is 0.383 e. The molecule has 3 heterocycles. The molecule has 5 nitrogen and oxygen atoms in total. The van der Waals surface area contributed by atoms with E-state index in [4.69, 9.17) is 11.5 Å². The first-order valence-electron chi connectivity index (χ1n) is 9.69. The van der Waals surface area contributed by atoms with Crippen LogP contribution in [0.3, 0.4) is 0 Å². The van der Waals surface area contributed by atoms with Crippen LogP contribution in [0.25, 0.3) is 31.0 Å². The zero-order chi connectivity index (χ0) is 22.5. The van der Waals surface area contributed by atoms with Gasteiger partial charge in [-0.3, -0.25) is 9.59 Å². The van der Waals surface area contributed by atoms with Gasteiger partial charge in [0.2, 0.25) is 0 Å². The third-order valence-electron chi connectivity index (χ3n) is 4.73. The van der Waals surface area contributed by atoms with Crippen LogP contribution in [0.4, 0.5) is 5.82 Å². The fourth-order valence-corrected chi connectivity index (χ4v) is 5.10. The Morgan fingerprint density at radius 1 is 0.906 bits per heavy atom. The molecular formula is C25H19N3O2S2. The van der Waals surface area contributed by atoms with Gasteiger partial charge in [-0.05, 0) is 23.3 Å². The minimum absolute atomic E-state index is 0.405. The first kappa shape index (κ1) is 21.4. The lowest BCUT2D eigenvalue weighted by molar-refractivity contribution is 0.100. The van der Waals surface area contributed by atoms with E-state index >= 15 is 0 Å². The summed E-state index contributed by atoms with van der Waals surface area (Å²) in [7, 11) is 0. The van der Waals surface area contributed by atoms with Crippen LogP contribution in [0.2, 0.25) is 0 Å². The number of anilines is 1. The zero-order valence-corrected chi connectivity index (χ0v) is 18.5. The van der Waals surface area contributed by atoms with E-state index in [-0.39, 0.29) is 0 Å². The number of benzene rings is 2. The van der Waals surface area contributed by atoms with Crippen molar-refractivity contribution < 1.29 is 9.59 Å². The van der Waals surface area contributed by atoms with Gasteiger partial charge in [0.1, 0.15) is 5.82 Å². The highest BCUT2D eigenvalue weighted by atomic mass is 32.1. The molecule has 0 spiro atoms. The van der Waals surface area contributed by atoms with Gasteiger partial charge in [-0.1, -0.05) is 60.7 Å².